The summed E-state index contributed by atoms with van der Waals surface area (Å²) in [7, 11) is 1.76. The van der Waals surface area contributed by atoms with Gasteiger partial charge in [-0.3, -0.25) is 9.05 Å². The van der Waals surface area contributed by atoms with Gasteiger partial charge in [0.15, 0.2) is 0 Å². The molecule has 2 N–H and O–H groups in total. The molecule has 38 heavy (non-hydrogen) atoms. The van der Waals surface area contributed by atoms with E-state index in [-0.39, 0.29) is 19.8 Å². The fraction of sp³-hybridized carbons (Fsp3) is 1.00. The maximum absolute atomic E-state index is 11.8. The zero-order valence-corrected chi connectivity index (χ0v) is 26.6. The standard InChI is InChI=1S/C30H64NO6P/c1-5-6-7-8-9-10-11-12-13-14-15-16-17-18-19-20-21-22-23-24-26-35-28-30(32)29-37-38(33,34)36-27-25-31(2,3)4/h30,32H,5-29H2,1-4H3/p+1. The summed E-state index contributed by atoms with van der Waals surface area (Å²) in [5.41, 5.74) is 0. The van der Waals surface area contributed by atoms with Crippen LogP contribution in [0.5, 0.6) is 0 Å². The monoisotopic (exact) mass is 566 g/mol. The van der Waals surface area contributed by atoms with Crippen LogP contribution in [-0.2, 0) is 18.3 Å². The average Bonchev–Trinajstić information content (AvgIpc) is 2.85. The summed E-state index contributed by atoms with van der Waals surface area (Å²) in [6.45, 7) is 3.38. The van der Waals surface area contributed by atoms with Crippen molar-refractivity contribution in [3.05, 3.63) is 0 Å². The Labute approximate surface area is 236 Å². The molecule has 0 fully saturated rings. The number of rotatable bonds is 30. The van der Waals surface area contributed by atoms with E-state index in [9.17, 15) is 14.6 Å². The molecule has 0 aliphatic carbocycles. The molecule has 0 aromatic rings. The molecule has 2 atom stereocenters. The van der Waals surface area contributed by atoms with Gasteiger partial charge in [0, 0.05) is 6.61 Å². The van der Waals surface area contributed by atoms with Crippen LogP contribution >= 0.6 is 7.82 Å². The predicted molar refractivity (Wildman–Crippen MR) is 159 cm³/mol. The minimum atomic E-state index is -4.14. The van der Waals surface area contributed by atoms with E-state index < -0.39 is 13.9 Å². The number of ether oxygens (including phenoxy) is 1. The number of unbranched alkanes of at least 4 members (excludes halogenated alkanes) is 19. The number of hydrogen-bond acceptors (Lipinski definition) is 5. The average molecular weight is 567 g/mol. The van der Waals surface area contributed by atoms with Crippen molar-refractivity contribution in [2.45, 2.75) is 141 Å². The van der Waals surface area contributed by atoms with Crippen LogP contribution in [0.25, 0.3) is 0 Å². The smallest absolute Gasteiger partial charge is 0.388 e. The molecule has 0 aromatic heterocycles. The first-order valence-electron chi connectivity index (χ1n) is 15.8. The lowest BCUT2D eigenvalue weighted by Gasteiger charge is -2.24. The van der Waals surface area contributed by atoms with Crippen LogP contribution < -0.4 is 0 Å². The highest BCUT2D eigenvalue weighted by molar-refractivity contribution is 7.47. The number of nitrogens with zero attached hydrogens (tertiary/aromatic N) is 1. The molecule has 0 heterocycles. The van der Waals surface area contributed by atoms with Gasteiger partial charge in [-0.25, -0.2) is 4.57 Å². The summed E-state index contributed by atoms with van der Waals surface area (Å²) in [6.07, 6.45) is 26.2. The van der Waals surface area contributed by atoms with Gasteiger partial charge in [0.05, 0.1) is 34.4 Å². The third-order valence-corrected chi connectivity index (χ3v) is 7.88. The summed E-state index contributed by atoms with van der Waals surface area (Å²) in [5, 5.41) is 9.89. The molecule has 0 amide bonds. The van der Waals surface area contributed by atoms with Crippen LogP contribution in [-0.4, -0.2) is 74.7 Å². The molecule has 0 aliphatic heterocycles. The Bertz CT molecular complexity index is 543. The fourth-order valence-electron chi connectivity index (χ4n) is 4.37. The molecule has 0 spiro atoms. The summed E-state index contributed by atoms with van der Waals surface area (Å²) in [6, 6.07) is 0. The third kappa shape index (κ3) is 30.5. The van der Waals surface area contributed by atoms with E-state index >= 15 is 0 Å². The van der Waals surface area contributed by atoms with E-state index in [1.54, 1.807) is 0 Å². The number of quaternary nitrogens is 1. The highest BCUT2D eigenvalue weighted by Gasteiger charge is 2.24. The van der Waals surface area contributed by atoms with Crippen LogP contribution in [0.2, 0.25) is 0 Å². The molecule has 0 radical (unpaired) electrons. The first-order valence-corrected chi connectivity index (χ1v) is 17.3. The fourth-order valence-corrected chi connectivity index (χ4v) is 5.12. The molecular weight excluding hydrogens is 501 g/mol. The van der Waals surface area contributed by atoms with Gasteiger partial charge >= 0.3 is 7.82 Å². The normalized spacial score (nSPS) is 14.6. The van der Waals surface area contributed by atoms with E-state index in [0.29, 0.717) is 17.6 Å². The minimum Gasteiger partial charge on any atom is -0.388 e. The first kappa shape index (κ1) is 38.0. The van der Waals surface area contributed by atoms with Crippen molar-refractivity contribution in [1.82, 2.24) is 0 Å². The van der Waals surface area contributed by atoms with Gasteiger partial charge in [-0.1, -0.05) is 129 Å². The Hall–Kier alpha value is -0.0100. The van der Waals surface area contributed by atoms with Gasteiger partial charge < -0.3 is 19.2 Å². The first-order chi connectivity index (χ1) is 18.2. The van der Waals surface area contributed by atoms with Crippen molar-refractivity contribution in [1.29, 1.82) is 0 Å². The van der Waals surface area contributed by atoms with Crippen molar-refractivity contribution in [2.75, 3.05) is 54.1 Å². The highest BCUT2D eigenvalue weighted by Crippen LogP contribution is 2.43. The summed E-state index contributed by atoms with van der Waals surface area (Å²) >= 11 is 0. The van der Waals surface area contributed by atoms with E-state index in [4.69, 9.17) is 13.8 Å². The molecule has 8 heteroatoms. The van der Waals surface area contributed by atoms with Crippen LogP contribution in [0.3, 0.4) is 0 Å². The Morgan fingerprint density at radius 3 is 1.39 bits per heavy atom. The number of aliphatic hydroxyl groups excluding tert-OH is 1. The molecular formula is C30H65NO6P+. The van der Waals surface area contributed by atoms with Gasteiger partial charge in [0.1, 0.15) is 19.3 Å². The molecule has 2 unspecified atom stereocenters. The topological polar surface area (TPSA) is 85.2 Å². The number of likely N-dealkylation sites (N-methyl/N-ethyl adjacent to an activating group) is 1. The molecule has 0 aliphatic rings. The Balaban J connectivity index is 3.31. The maximum atomic E-state index is 11.8. The third-order valence-electron chi connectivity index (χ3n) is 6.90. The number of phosphoric acid groups is 1. The summed E-state index contributed by atoms with van der Waals surface area (Å²) in [4.78, 5) is 9.66. The van der Waals surface area contributed by atoms with Crippen molar-refractivity contribution < 1.29 is 32.8 Å². The van der Waals surface area contributed by atoms with Gasteiger partial charge in [0.25, 0.3) is 0 Å². The molecule has 0 saturated carbocycles. The van der Waals surface area contributed by atoms with Crippen LogP contribution in [0.4, 0.5) is 0 Å². The second-order valence-corrected chi connectivity index (χ2v) is 13.5. The van der Waals surface area contributed by atoms with Crippen molar-refractivity contribution in [3.63, 3.8) is 0 Å². The maximum Gasteiger partial charge on any atom is 0.472 e. The van der Waals surface area contributed by atoms with Gasteiger partial charge in [0.2, 0.25) is 0 Å². The lowest BCUT2D eigenvalue weighted by molar-refractivity contribution is -0.870. The Kier molecular flexibility index (Phi) is 25.9. The molecule has 0 bridgehead atoms. The molecule has 230 valence electrons. The zero-order chi connectivity index (χ0) is 28.4. The summed E-state index contributed by atoms with van der Waals surface area (Å²) < 4.78 is 27.7. The minimum absolute atomic E-state index is 0.0952. The lowest BCUT2D eigenvalue weighted by atomic mass is 10.0. The Morgan fingerprint density at radius 1 is 0.605 bits per heavy atom. The molecule has 0 saturated heterocycles. The van der Waals surface area contributed by atoms with E-state index in [2.05, 4.69) is 6.92 Å². The van der Waals surface area contributed by atoms with E-state index in [0.717, 1.165) is 12.8 Å². The van der Waals surface area contributed by atoms with E-state index in [1.165, 1.54) is 116 Å². The highest BCUT2D eigenvalue weighted by atomic mass is 31.2. The second-order valence-electron chi connectivity index (χ2n) is 12.1. The second kappa shape index (κ2) is 25.9. The molecule has 0 rings (SSSR count). The van der Waals surface area contributed by atoms with Crippen molar-refractivity contribution in [3.8, 4) is 0 Å². The van der Waals surface area contributed by atoms with Crippen molar-refractivity contribution >= 4 is 7.82 Å². The number of hydrogen-bond donors (Lipinski definition) is 2. The molecule has 0 aromatic carbocycles. The lowest BCUT2D eigenvalue weighted by Crippen LogP contribution is -2.37. The largest absolute Gasteiger partial charge is 0.472 e. The van der Waals surface area contributed by atoms with Crippen LogP contribution in [0.1, 0.15) is 135 Å². The van der Waals surface area contributed by atoms with Gasteiger partial charge in [-0.2, -0.15) is 0 Å². The number of aliphatic hydroxyl groups is 1. The van der Waals surface area contributed by atoms with E-state index in [1.807, 2.05) is 21.1 Å². The van der Waals surface area contributed by atoms with Gasteiger partial charge in [-0.15, -0.1) is 0 Å². The summed E-state index contributed by atoms with van der Waals surface area (Å²) in [5.74, 6) is 0. The zero-order valence-electron chi connectivity index (χ0n) is 25.7. The van der Waals surface area contributed by atoms with Crippen LogP contribution in [0, 0.1) is 0 Å². The Morgan fingerprint density at radius 2 is 1.00 bits per heavy atom. The SMILES string of the molecule is CCCCCCCCCCCCCCCCCCCCCCOCC(O)COP(=O)(O)OCC[N+](C)(C)C. The predicted octanol–water partition coefficient (Wildman–Crippen LogP) is 8.03. The number of phosphoric ester groups is 1. The quantitative estimate of drug-likeness (QED) is 0.0520. The molecule has 7 nitrogen and oxygen atoms in total. The van der Waals surface area contributed by atoms with Crippen molar-refractivity contribution in [2.24, 2.45) is 0 Å². The van der Waals surface area contributed by atoms with Gasteiger partial charge in [-0.05, 0) is 6.42 Å². The van der Waals surface area contributed by atoms with Crippen LogP contribution in [0.15, 0.2) is 0 Å².